The minimum Gasteiger partial charge on any atom is -0.0654 e. The number of rotatable bonds is 24. The summed E-state index contributed by atoms with van der Waals surface area (Å²) in [4.78, 5) is 0. The van der Waals surface area contributed by atoms with E-state index in [0.717, 1.165) is 5.92 Å². The first kappa shape index (κ1) is 30.4. The molecule has 0 aliphatic heterocycles. The predicted octanol–water partition coefficient (Wildman–Crippen LogP) is 11.1. The average Bonchev–Trinajstić information content (AvgIpc) is 2.76. The molecule has 0 saturated heterocycles. The average molecular weight is 442 g/mol. The Morgan fingerprint density at radius 2 is 0.767 bits per heavy atom. The van der Waals surface area contributed by atoms with Crippen molar-refractivity contribution in [3.8, 4) is 0 Å². The van der Waals surface area contributed by atoms with E-state index < -0.39 is 7.26 Å². The Morgan fingerprint density at radius 1 is 0.400 bits per heavy atom. The topological polar surface area (TPSA) is 0 Å². The highest BCUT2D eigenvalue weighted by Crippen LogP contribution is 2.61. The summed E-state index contributed by atoms with van der Waals surface area (Å²) in [5.41, 5.74) is 0. The second-order valence-corrected chi connectivity index (χ2v) is 15.0. The monoisotopic (exact) mass is 441 g/mol. The van der Waals surface area contributed by atoms with Crippen LogP contribution in [0.15, 0.2) is 0 Å². The van der Waals surface area contributed by atoms with Crippen LogP contribution in [0.4, 0.5) is 0 Å². The van der Waals surface area contributed by atoms with Crippen LogP contribution in [0.5, 0.6) is 0 Å². The lowest BCUT2D eigenvalue weighted by Crippen LogP contribution is -2.14. The molecule has 30 heavy (non-hydrogen) atoms. The summed E-state index contributed by atoms with van der Waals surface area (Å²) in [6.45, 7) is 12.0. The van der Waals surface area contributed by atoms with Gasteiger partial charge in [-0.3, -0.25) is 0 Å². The molecule has 0 aromatic rings. The lowest BCUT2D eigenvalue weighted by atomic mass is 9.99. The first-order valence-electron chi connectivity index (χ1n) is 14.5. The van der Waals surface area contributed by atoms with Crippen LogP contribution in [-0.2, 0) is 0 Å². The number of hydrogen-bond donors (Lipinski definition) is 0. The van der Waals surface area contributed by atoms with Gasteiger partial charge in [0.15, 0.2) is 0 Å². The Hall–Kier alpha value is 0.430. The summed E-state index contributed by atoms with van der Waals surface area (Å²) in [6, 6.07) is 0. The Bertz CT molecular complexity index is 303. The molecular formula is C29H62P+. The molecule has 0 heterocycles. The van der Waals surface area contributed by atoms with Crippen LogP contribution < -0.4 is 0 Å². The maximum Gasteiger partial charge on any atom is 0.0596 e. The van der Waals surface area contributed by atoms with Crippen LogP contribution in [0.2, 0.25) is 0 Å². The second kappa shape index (κ2) is 22.6. The standard InChI is InChI=1S/C29H62P/c1-6-10-14-15-16-17-18-19-20-21-22-23-29(5)24-28-30(25-11-7-2,26-12-8-3)27-13-9-4/h29H,6-28H2,1-5H3/q+1. The van der Waals surface area contributed by atoms with E-state index in [1.54, 1.807) is 24.6 Å². The fourth-order valence-corrected chi connectivity index (χ4v) is 10.2. The van der Waals surface area contributed by atoms with E-state index in [-0.39, 0.29) is 0 Å². The van der Waals surface area contributed by atoms with Crippen LogP contribution in [0.3, 0.4) is 0 Å². The van der Waals surface area contributed by atoms with E-state index in [2.05, 4.69) is 34.6 Å². The van der Waals surface area contributed by atoms with Gasteiger partial charge in [-0.2, -0.15) is 0 Å². The van der Waals surface area contributed by atoms with Crippen molar-refractivity contribution in [2.45, 2.75) is 157 Å². The van der Waals surface area contributed by atoms with Crippen LogP contribution in [0, 0.1) is 5.92 Å². The van der Waals surface area contributed by atoms with E-state index >= 15 is 0 Å². The van der Waals surface area contributed by atoms with Crippen molar-refractivity contribution in [1.29, 1.82) is 0 Å². The van der Waals surface area contributed by atoms with E-state index in [1.807, 2.05) is 0 Å². The third-order valence-electron chi connectivity index (χ3n) is 7.35. The molecule has 0 saturated carbocycles. The van der Waals surface area contributed by atoms with Gasteiger partial charge in [-0.05, 0) is 31.6 Å². The summed E-state index contributed by atoms with van der Waals surface area (Å²) < 4.78 is 0. The zero-order chi connectivity index (χ0) is 22.3. The van der Waals surface area contributed by atoms with Gasteiger partial charge in [0, 0.05) is 7.26 Å². The van der Waals surface area contributed by atoms with Crippen LogP contribution in [0.25, 0.3) is 0 Å². The second-order valence-electron chi connectivity index (χ2n) is 10.5. The lowest BCUT2D eigenvalue weighted by Gasteiger charge is -2.29. The molecule has 0 fully saturated rings. The Labute approximate surface area is 194 Å². The van der Waals surface area contributed by atoms with Gasteiger partial charge < -0.3 is 0 Å². The Morgan fingerprint density at radius 3 is 1.17 bits per heavy atom. The maximum atomic E-state index is 2.56. The number of unbranched alkanes of at least 4 members (excludes halogenated alkanes) is 13. The SMILES string of the molecule is CCCCCCCCCCCCCC(C)CC[P+](CCCC)(CCCC)CCCC. The van der Waals surface area contributed by atoms with Gasteiger partial charge >= 0.3 is 0 Å². The van der Waals surface area contributed by atoms with Crippen molar-refractivity contribution in [3.05, 3.63) is 0 Å². The molecule has 0 nitrogen and oxygen atoms in total. The van der Waals surface area contributed by atoms with Crippen molar-refractivity contribution >= 4 is 7.26 Å². The molecule has 1 heteroatoms. The summed E-state index contributed by atoms with van der Waals surface area (Å²) in [5, 5.41) is 0. The molecule has 0 radical (unpaired) electrons. The van der Waals surface area contributed by atoms with Crippen LogP contribution >= 0.6 is 7.26 Å². The molecule has 0 rings (SSSR count). The van der Waals surface area contributed by atoms with Crippen molar-refractivity contribution in [3.63, 3.8) is 0 Å². The van der Waals surface area contributed by atoms with Gasteiger partial charge in [-0.25, -0.2) is 0 Å². The Kier molecular flexibility index (Phi) is 22.9. The smallest absolute Gasteiger partial charge is 0.0596 e. The van der Waals surface area contributed by atoms with Gasteiger partial charge in [0.25, 0.3) is 0 Å². The molecule has 0 aromatic heterocycles. The summed E-state index contributed by atoms with van der Waals surface area (Å²) in [7, 11) is -0.668. The van der Waals surface area contributed by atoms with E-state index in [9.17, 15) is 0 Å². The molecule has 0 aromatic carbocycles. The Balaban J connectivity index is 3.99. The van der Waals surface area contributed by atoms with Crippen molar-refractivity contribution in [2.24, 2.45) is 5.92 Å². The first-order chi connectivity index (χ1) is 14.6. The maximum absolute atomic E-state index is 2.56. The fourth-order valence-electron chi connectivity index (χ4n) is 4.95. The quantitative estimate of drug-likeness (QED) is 0.103. The zero-order valence-electron chi connectivity index (χ0n) is 22.3. The molecule has 0 aliphatic carbocycles. The predicted molar refractivity (Wildman–Crippen MR) is 146 cm³/mol. The molecule has 0 amide bonds. The molecule has 0 bridgehead atoms. The highest BCUT2D eigenvalue weighted by molar-refractivity contribution is 7.75. The first-order valence-corrected chi connectivity index (χ1v) is 17.0. The van der Waals surface area contributed by atoms with Gasteiger partial charge in [-0.1, -0.05) is 131 Å². The molecule has 0 aliphatic rings. The molecule has 1 unspecified atom stereocenters. The largest absolute Gasteiger partial charge is 0.0654 e. The van der Waals surface area contributed by atoms with E-state index in [4.69, 9.17) is 0 Å². The fraction of sp³-hybridized carbons (Fsp3) is 1.00. The highest BCUT2D eigenvalue weighted by Gasteiger charge is 2.35. The summed E-state index contributed by atoms with van der Waals surface area (Å²) >= 11 is 0. The molecule has 0 spiro atoms. The lowest BCUT2D eigenvalue weighted by molar-refractivity contribution is 0.469. The normalized spacial score (nSPS) is 13.1. The molecule has 0 N–H and O–H groups in total. The van der Waals surface area contributed by atoms with Crippen molar-refractivity contribution in [1.82, 2.24) is 0 Å². The molecular weight excluding hydrogens is 379 g/mol. The summed E-state index contributed by atoms with van der Waals surface area (Å²) in [6.07, 6.45) is 34.3. The van der Waals surface area contributed by atoms with Crippen LogP contribution in [0.1, 0.15) is 157 Å². The van der Waals surface area contributed by atoms with E-state index in [1.165, 1.54) is 122 Å². The molecule has 1 atom stereocenters. The van der Waals surface area contributed by atoms with E-state index in [0.29, 0.717) is 0 Å². The van der Waals surface area contributed by atoms with Gasteiger partial charge in [0.2, 0.25) is 0 Å². The minimum absolute atomic E-state index is 0.668. The van der Waals surface area contributed by atoms with Gasteiger partial charge in [0.1, 0.15) is 0 Å². The van der Waals surface area contributed by atoms with Crippen molar-refractivity contribution in [2.75, 3.05) is 24.6 Å². The third kappa shape index (κ3) is 18.0. The highest BCUT2D eigenvalue weighted by atomic mass is 31.2. The minimum atomic E-state index is -0.668. The van der Waals surface area contributed by atoms with Gasteiger partial charge in [-0.15, -0.1) is 0 Å². The zero-order valence-corrected chi connectivity index (χ0v) is 23.2. The van der Waals surface area contributed by atoms with Crippen molar-refractivity contribution < 1.29 is 0 Å². The van der Waals surface area contributed by atoms with Gasteiger partial charge in [0.05, 0.1) is 24.6 Å². The summed E-state index contributed by atoms with van der Waals surface area (Å²) in [5.74, 6) is 0.966. The third-order valence-corrected chi connectivity index (χ3v) is 12.4. The number of hydrogen-bond acceptors (Lipinski definition) is 0. The van der Waals surface area contributed by atoms with Crippen LogP contribution in [-0.4, -0.2) is 24.6 Å². The molecule has 182 valence electrons.